The van der Waals surface area contributed by atoms with E-state index in [1.54, 1.807) is 12.1 Å². The summed E-state index contributed by atoms with van der Waals surface area (Å²) in [6.07, 6.45) is 2.17. The molecule has 0 atom stereocenters. The quantitative estimate of drug-likeness (QED) is 0.920. The first-order valence-electron chi connectivity index (χ1n) is 6.55. The van der Waals surface area contributed by atoms with Crippen molar-refractivity contribution in [1.29, 1.82) is 0 Å². The number of nitrogens with one attached hydrogen (secondary N) is 1. The fourth-order valence-corrected chi connectivity index (χ4v) is 3.10. The summed E-state index contributed by atoms with van der Waals surface area (Å²) < 4.78 is 23.7. The summed E-state index contributed by atoms with van der Waals surface area (Å²) in [5.41, 5.74) is 2.90. The van der Waals surface area contributed by atoms with Gasteiger partial charge in [0.1, 0.15) is 0 Å². The van der Waals surface area contributed by atoms with Crippen LogP contribution in [0.4, 0.5) is 0 Å². The highest BCUT2D eigenvalue weighted by Gasteiger charge is 2.13. The van der Waals surface area contributed by atoms with E-state index in [1.807, 2.05) is 31.3 Å². The average molecular weight is 289 g/mol. The van der Waals surface area contributed by atoms with Crippen molar-refractivity contribution < 1.29 is 8.42 Å². The first kappa shape index (κ1) is 14.8. The van der Waals surface area contributed by atoms with Gasteiger partial charge in [0.15, 0.2) is 9.84 Å². The zero-order valence-corrected chi connectivity index (χ0v) is 12.6. The molecule has 2 aromatic rings. The van der Waals surface area contributed by atoms with Gasteiger partial charge in [0.05, 0.1) is 4.90 Å². The van der Waals surface area contributed by atoms with Crippen molar-refractivity contribution in [3.63, 3.8) is 0 Å². The van der Waals surface area contributed by atoms with Gasteiger partial charge in [-0.05, 0) is 37.2 Å². The van der Waals surface area contributed by atoms with E-state index in [0.717, 1.165) is 24.1 Å². The van der Waals surface area contributed by atoms with E-state index in [0.29, 0.717) is 4.90 Å². The normalized spacial score (nSPS) is 11.5. The lowest BCUT2D eigenvalue weighted by Gasteiger charge is -2.09. The van der Waals surface area contributed by atoms with Gasteiger partial charge in [0.2, 0.25) is 0 Å². The van der Waals surface area contributed by atoms with Crippen molar-refractivity contribution in [1.82, 2.24) is 5.32 Å². The summed E-state index contributed by atoms with van der Waals surface area (Å²) in [7, 11) is -1.30. The molecule has 0 radical (unpaired) electrons. The molecule has 0 aromatic heterocycles. The average Bonchev–Trinajstić information content (AvgIpc) is 2.44. The highest BCUT2D eigenvalue weighted by atomic mass is 32.2. The second-order valence-corrected chi connectivity index (χ2v) is 6.81. The number of benzene rings is 2. The summed E-state index contributed by atoms with van der Waals surface area (Å²) >= 11 is 0. The summed E-state index contributed by atoms with van der Waals surface area (Å²) in [4.78, 5) is 0.380. The fourth-order valence-electron chi connectivity index (χ4n) is 2.19. The highest BCUT2D eigenvalue weighted by molar-refractivity contribution is 7.90. The van der Waals surface area contributed by atoms with E-state index in [1.165, 1.54) is 11.8 Å². The SMILES string of the molecule is CNCCc1cccc(-c2ccccc2S(C)(=O)=O)c1. The minimum Gasteiger partial charge on any atom is -0.319 e. The summed E-state index contributed by atoms with van der Waals surface area (Å²) in [6, 6.07) is 15.2. The lowest BCUT2D eigenvalue weighted by atomic mass is 10.0. The van der Waals surface area contributed by atoms with Crippen molar-refractivity contribution in [2.75, 3.05) is 19.8 Å². The number of rotatable bonds is 5. The molecule has 1 N–H and O–H groups in total. The first-order valence-corrected chi connectivity index (χ1v) is 8.44. The molecule has 0 spiro atoms. The van der Waals surface area contributed by atoms with Gasteiger partial charge in [-0.3, -0.25) is 0 Å². The molecular weight excluding hydrogens is 270 g/mol. The molecule has 0 fully saturated rings. The predicted molar refractivity (Wildman–Crippen MR) is 82.6 cm³/mol. The number of sulfone groups is 1. The molecule has 4 heteroatoms. The van der Waals surface area contributed by atoms with Crippen LogP contribution in [0.3, 0.4) is 0 Å². The maximum atomic E-state index is 11.9. The van der Waals surface area contributed by atoms with Gasteiger partial charge in [0, 0.05) is 11.8 Å². The van der Waals surface area contributed by atoms with Crippen LogP contribution in [-0.2, 0) is 16.3 Å². The minimum atomic E-state index is -3.22. The van der Waals surface area contributed by atoms with Crippen LogP contribution < -0.4 is 5.32 Å². The van der Waals surface area contributed by atoms with Crippen LogP contribution in [0.15, 0.2) is 53.4 Å². The molecule has 106 valence electrons. The second kappa shape index (κ2) is 6.20. The van der Waals surface area contributed by atoms with Crippen LogP contribution in [0.2, 0.25) is 0 Å². The topological polar surface area (TPSA) is 46.2 Å². The van der Waals surface area contributed by atoms with Crippen LogP contribution in [-0.4, -0.2) is 28.3 Å². The maximum Gasteiger partial charge on any atom is 0.176 e. The highest BCUT2D eigenvalue weighted by Crippen LogP contribution is 2.27. The fraction of sp³-hybridized carbons (Fsp3) is 0.250. The van der Waals surface area contributed by atoms with E-state index >= 15 is 0 Å². The van der Waals surface area contributed by atoms with Crippen LogP contribution in [0.1, 0.15) is 5.56 Å². The van der Waals surface area contributed by atoms with Crippen LogP contribution in [0.25, 0.3) is 11.1 Å². The smallest absolute Gasteiger partial charge is 0.176 e. The predicted octanol–water partition coefficient (Wildman–Crippen LogP) is 2.52. The Morgan fingerprint density at radius 3 is 2.50 bits per heavy atom. The van der Waals surface area contributed by atoms with Gasteiger partial charge in [-0.25, -0.2) is 8.42 Å². The largest absolute Gasteiger partial charge is 0.319 e. The molecule has 0 saturated carbocycles. The second-order valence-electron chi connectivity index (χ2n) is 4.82. The number of likely N-dealkylation sites (N-methyl/N-ethyl adjacent to an activating group) is 1. The van der Waals surface area contributed by atoms with Crippen molar-refractivity contribution in [3.8, 4) is 11.1 Å². The molecule has 0 heterocycles. The van der Waals surface area contributed by atoms with E-state index in [4.69, 9.17) is 0 Å². The first-order chi connectivity index (χ1) is 9.52. The van der Waals surface area contributed by atoms with Crippen molar-refractivity contribution >= 4 is 9.84 Å². The Morgan fingerprint density at radius 1 is 1.05 bits per heavy atom. The Kier molecular flexibility index (Phi) is 4.57. The molecule has 0 unspecified atom stereocenters. The summed E-state index contributed by atoms with van der Waals surface area (Å²) in [6.45, 7) is 0.900. The molecule has 2 rings (SSSR count). The molecule has 0 amide bonds. The zero-order chi connectivity index (χ0) is 14.6. The Labute approximate surface area is 120 Å². The molecule has 0 bridgehead atoms. The summed E-state index contributed by atoms with van der Waals surface area (Å²) in [5.74, 6) is 0. The third-order valence-corrected chi connectivity index (χ3v) is 4.34. The Morgan fingerprint density at radius 2 is 1.80 bits per heavy atom. The maximum absolute atomic E-state index is 11.9. The van der Waals surface area contributed by atoms with Crippen LogP contribution >= 0.6 is 0 Å². The van der Waals surface area contributed by atoms with Gasteiger partial charge in [-0.2, -0.15) is 0 Å². The summed E-state index contributed by atoms with van der Waals surface area (Å²) in [5, 5.41) is 3.12. The molecular formula is C16H19NO2S. The molecule has 0 aliphatic heterocycles. The molecule has 2 aromatic carbocycles. The third kappa shape index (κ3) is 3.46. The Bertz CT molecular complexity index is 693. The molecule has 3 nitrogen and oxygen atoms in total. The molecule has 20 heavy (non-hydrogen) atoms. The standard InChI is InChI=1S/C16H19NO2S/c1-17-11-10-13-6-5-7-14(12-13)15-8-3-4-9-16(15)20(2,18)19/h3-9,12,17H,10-11H2,1-2H3. The Balaban J connectivity index is 2.47. The minimum absolute atomic E-state index is 0.380. The lowest BCUT2D eigenvalue weighted by Crippen LogP contribution is -2.10. The van der Waals surface area contributed by atoms with Crippen LogP contribution in [0, 0.1) is 0 Å². The third-order valence-electron chi connectivity index (χ3n) is 3.19. The molecule has 0 aliphatic rings. The zero-order valence-electron chi connectivity index (χ0n) is 11.8. The van der Waals surface area contributed by atoms with Gasteiger partial charge in [-0.15, -0.1) is 0 Å². The van der Waals surface area contributed by atoms with Crippen molar-refractivity contribution in [2.24, 2.45) is 0 Å². The Hall–Kier alpha value is -1.65. The van der Waals surface area contributed by atoms with Gasteiger partial charge < -0.3 is 5.32 Å². The van der Waals surface area contributed by atoms with E-state index in [9.17, 15) is 8.42 Å². The van der Waals surface area contributed by atoms with Gasteiger partial charge >= 0.3 is 0 Å². The van der Waals surface area contributed by atoms with Crippen LogP contribution in [0.5, 0.6) is 0 Å². The van der Waals surface area contributed by atoms with Gasteiger partial charge in [0.25, 0.3) is 0 Å². The molecule has 0 saturated heterocycles. The van der Waals surface area contributed by atoms with E-state index in [-0.39, 0.29) is 0 Å². The van der Waals surface area contributed by atoms with Crippen molar-refractivity contribution in [2.45, 2.75) is 11.3 Å². The monoisotopic (exact) mass is 289 g/mol. The van der Waals surface area contributed by atoms with Crippen molar-refractivity contribution in [3.05, 3.63) is 54.1 Å². The van der Waals surface area contributed by atoms with E-state index < -0.39 is 9.84 Å². The number of hydrogen-bond donors (Lipinski definition) is 1. The molecule has 0 aliphatic carbocycles. The lowest BCUT2D eigenvalue weighted by molar-refractivity contribution is 0.602. The van der Waals surface area contributed by atoms with Gasteiger partial charge in [-0.1, -0.05) is 42.5 Å². The van der Waals surface area contributed by atoms with E-state index in [2.05, 4.69) is 17.4 Å². The number of hydrogen-bond acceptors (Lipinski definition) is 3.